The summed E-state index contributed by atoms with van der Waals surface area (Å²) in [6, 6.07) is 14.0. The normalized spacial score (nSPS) is 15.9. The zero-order chi connectivity index (χ0) is 21.5. The Morgan fingerprint density at radius 3 is 2.43 bits per heavy atom. The Morgan fingerprint density at radius 1 is 1.13 bits per heavy atom. The van der Waals surface area contributed by atoms with E-state index in [1.807, 2.05) is 31.2 Å². The number of rotatable bonds is 7. The molecule has 2 aromatic carbocycles. The van der Waals surface area contributed by atoms with Crippen molar-refractivity contribution in [2.24, 2.45) is 5.92 Å². The molecule has 2 aromatic rings. The molecule has 1 atom stereocenters. The van der Waals surface area contributed by atoms with Crippen molar-refractivity contribution in [2.75, 3.05) is 25.5 Å². The van der Waals surface area contributed by atoms with Crippen molar-refractivity contribution in [3.05, 3.63) is 54.1 Å². The molecule has 1 unspecified atom stereocenters. The molecule has 1 heterocycles. The van der Waals surface area contributed by atoms with Crippen LogP contribution in [-0.2, 0) is 16.1 Å². The fraction of sp³-hybridized carbons (Fsp3) is 0.391. The molecule has 0 bridgehead atoms. The third-order valence-corrected chi connectivity index (χ3v) is 5.62. The highest BCUT2D eigenvalue weighted by Crippen LogP contribution is 2.25. The maximum Gasteiger partial charge on any atom is 0.237 e. The molecule has 0 saturated carbocycles. The number of nitrogens with one attached hydrogen (secondary N) is 2. The molecule has 0 radical (unpaired) electrons. The van der Waals surface area contributed by atoms with Crippen LogP contribution >= 0.6 is 0 Å². The number of methoxy groups -OCH3 is 1. The number of aromatic hydroxyl groups is 1. The van der Waals surface area contributed by atoms with Crippen LogP contribution in [0.5, 0.6) is 11.5 Å². The van der Waals surface area contributed by atoms with Crippen LogP contribution in [0.1, 0.15) is 25.3 Å². The number of anilines is 1. The first-order chi connectivity index (χ1) is 14.5. The van der Waals surface area contributed by atoms with Crippen LogP contribution in [0.25, 0.3) is 0 Å². The molecule has 160 valence electrons. The Kier molecular flexibility index (Phi) is 7.30. The Balaban J connectivity index is 1.44. The molecule has 0 aromatic heterocycles. The highest BCUT2D eigenvalue weighted by atomic mass is 16.5. The van der Waals surface area contributed by atoms with Gasteiger partial charge in [-0.3, -0.25) is 14.5 Å². The summed E-state index contributed by atoms with van der Waals surface area (Å²) in [5.74, 6) is 0.601. The molecule has 0 aliphatic carbocycles. The van der Waals surface area contributed by atoms with Gasteiger partial charge in [-0.15, -0.1) is 0 Å². The van der Waals surface area contributed by atoms with E-state index in [2.05, 4.69) is 15.5 Å². The third-order valence-electron chi connectivity index (χ3n) is 5.62. The fourth-order valence-electron chi connectivity index (χ4n) is 3.61. The summed E-state index contributed by atoms with van der Waals surface area (Å²) in [6.07, 6.45) is 1.35. The highest BCUT2D eigenvalue weighted by Gasteiger charge is 2.30. The Labute approximate surface area is 177 Å². The van der Waals surface area contributed by atoms with Crippen LogP contribution in [0.15, 0.2) is 48.5 Å². The van der Waals surface area contributed by atoms with Crippen LogP contribution in [-0.4, -0.2) is 48.1 Å². The lowest BCUT2D eigenvalue weighted by atomic mass is 9.94. The van der Waals surface area contributed by atoms with E-state index in [0.29, 0.717) is 38.2 Å². The van der Waals surface area contributed by atoms with Gasteiger partial charge in [-0.2, -0.15) is 0 Å². The lowest BCUT2D eigenvalue weighted by molar-refractivity contribution is -0.127. The van der Waals surface area contributed by atoms with Gasteiger partial charge in [-0.25, -0.2) is 0 Å². The summed E-state index contributed by atoms with van der Waals surface area (Å²) >= 11 is 0. The van der Waals surface area contributed by atoms with Crippen LogP contribution in [0.4, 0.5) is 5.69 Å². The largest absolute Gasteiger partial charge is 0.506 e. The molecule has 1 saturated heterocycles. The first-order valence-electron chi connectivity index (χ1n) is 10.2. The van der Waals surface area contributed by atoms with Gasteiger partial charge in [-0.05, 0) is 62.7 Å². The number of para-hydroxylation sites is 2. The molecular weight excluding hydrogens is 382 g/mol. The zero-order valence-electron chi connectivity index (χ0n) is 17.4. The quantitative estimate of drug-likeness (QED) is 0.610. The number of amides is 2. The van der Waals surface area contributed by atoms with Crippen LogP contribution < -0.4 is 15.4 Å². The van der Waals surface area contributed by atoms with Gasteiger partial charge in [0, 0.05) is 12.5 Å². The second-order valence-electron chi connectivity index (χ2n) is 7.56. The summed E-state index contributed by atoms with van der Waals surface area (Å²) in [4.78, 5) is 27.2. The highest BCUT2D eigenvalue weighted by molar-refractivity contribution is 5.94. The van der Waals surface area contributed by atoms with Crippen molar-refractivity contribution in [1.29, 1.82) is 0 Å². The minimum absolute atomic E-state index is 0.0251. The van der Waals surface area contributed by atoms with Crippen molar-refractivity contribution in [1.82, 2.24) is 10.2 Å². The number of carbonyl (C=O) groups is 2. The molecule has 30 heavy (non-hydrogen) atoms. The van der Waals surface area contributed by atoms with Crippen molar-refractivity contribution in [3.8, 4) is 11.5 Å². The van der Waals surface area contributed by atoms with Crippen molar-refractivity contribution < 1.29 is 19.4 Å². The van der Waals surface area contributed by atoms with Crippen LogP contribution in [0.3, 0.4) is 0 Å². The minimum Gasteiger partial charge on any atom is -0.506 e. The molecule has 1 aliphatic rings. The molecule has 3 N–H and O–H groups in total. The first-order valence-corrected chi connectivity index (χ1v) is 10.2. The molecule has 1 aliphatic heterocycles. The maximum absolute atomic E-state index is 12.5. The lowest BCUT2D eigenvalue weighted by Gasteiger charge is -2.34. The Hall–Kier alpha value is -3.06. The van der Waals surface area contributed by atoms with Gasteiger partial charge in [0.1, 0.15) is 11.5 Å². The number of likely N-dealkylation sites (tertiary alicyclic amines) is 1. The Morgan fingerprint density at radius 2 is 1.80 bits per heavy atom. The second-order valence-corrected chi connectivity index (χ2v) is 7.56. The van der Waals surface area contributed by atoms with Crippen molar-refractivity contribution in [2.45, 2.75) is 32.4 Å². The molecule has 7 heteroatoms. The molecule has 3 rings (SSSR count). The van der Waals surface area contributed by atoms with E-state index in [-0.39, 0.29) is 29.5 Å². The van der Waals surface area contributed by atoms with Gasteiger partial charge in [0.25, 0.3) is 0 Å². The summed E-state index contributed by atoms with van der Waals surface area (Å²) in [5.41, 5.74) is 1.44. The predicted molar refractivity (Wildman–Crippen MR) is 115 cm³/mol. The van der Waals surface area contributed by atoms with Gasteiger partial charge in [0.15, 0.2) is 0 Å². The van der Waals surface area contributed by atoms with Gasteiger partial charge >= 0.3 is 0 Å². The van der Waals surface area contributed by atoms with E-state index in [1.54, 1.807) is 31.4 Å². The monoisotopic (exact) mass is 411 g/mol. The molecule has 0 spiro atoms. The van der Waals surface area contributed by atoms with E-state index >= 15 is 0 Å². The number of ether oxygens (including phenoxy) is 1. The average molecular weight is 412 g/mol. The standard InChI is InChI=1S/C23H29N3O4/c1-16(22(28)24-15-17-7-9-19(30-2)10-8-17)26-13-11-18(12-14-26)23(29)25-20-5-3-4-6-21(20)27/h3-10,16,18,27H,11-15H2,1-2H3,(H,24,28)(H,25,29). The number of phenols is 1. The van der Waals surface area contributed by atoms with E-state index in [9.17, 15) is 14.7 Å². The maximum atomic E-state index is 12.5. The zero-order valence-corrected chi connectivity index (χ0v) is 17.4. The smallest absolute Gasteiger partial charge is 0.237 e. The van der Waals surface area contributed by atoms with Crippen molar-refractivity contribution >= 4 is 17.5 Å². The average Bonchev–Trinajstić information content (AvgIpc) is 2.79. The van der Waals surface area contributed by atoms with E-state index in [0.717, 1.165) is 11.3 Å². The van der Waals surface area contributed by atoms with E-state index in [4.69, 9.17) is 4.74 Å². The van der Waals surface area contributed by atoms with E-state index < -0.39 is 0 Å². The molecule has 2 amide bonds. The Bertz CT molecular complexity index is 861. The topological polar surface area (TPSA) is 90.9 Å². The molecular formula is C23H29N3O4. The van der Waals surface area contributed by atoms with Gasteiger partial charge in [0.2, 0.25) is 11.8 Å². The number of carbonyl (C=O) groups excluding carboxylic acids is 2. The fourth-order valence-corrected chi connectivity index (χ4v) is 3.61. The van der Waals surface area contributed by atoms with Gasteiger partial charge < -0.3 is 20.5 Å². The van der Waals surface area contributed by atoms with Gasteiger partial charge in [0.05, 0.1) is 18.8 Å². The van der Waals surface area contributed by atoms with Crippen LogP contribution in [0, 0.1) is 5.92 Å². The summed E-state index contributed by atoms with van der Waals surface area (Å²) < 4.78 is 5.14. The summed E-state index contributed by atoms with van der Waals surface area (Å²) in [5, 5.41) is 15.6. The molecule has 1 fully saturated rings. The second kappa shape index (κ2) is 10.1. The summed E-state index contributed by atoms with van der Waals surface area (Å²) in [6.45, 7) is 3.71. The number of piperidine rings is 1. The lowest BCUT2D eigenvalue weighted by Crippen LogP contribution is -2.49. The van der Waals surface area contributed by atoms with Gasteiger partial charge in [-0.1, -0.05) is 24.3 Å². The number of benzene rings is 2. The number of hydrogen-bond acceptors (Lipinski definition) is 5. The minimum atomic E-state index is -0.259. The first kappa shape index (κ1) is 21.6. The predicted octanol–water partition coefficient (Wildman–Crippen LogP) is 2.76. The molecule has 7 nitrogen and oxygen atoms in total. The number of nitrogens with zero attached hydrogens (tertiary/aromatic N) is 1. The van der Waals surface area contributed by atoms with Crippen molar-refractivity contribution in [3.63, 3.8) is 0 Å². The number of phenolic OH excluding ortho intramolecular Hbond substituents is 1. The number of hydrogen-bond donors (Lipinski definition) is 3. The SMILES string of the molecule is COc1ccc(CNC(=O)C(C)N2CCC(C(=O)Nc3ccccc3O)CC2)cc1. The third kappa shape index (κ3) is 5.51. The summed E-state index contributed by atoms with van der Waals surface area (Å²) in [7, 11) is 1.62. The van der Waals surface area contributed by atoms with E-state index in [1.165, 1.54) is 0 Å². The van der Waals surface area contributed by atoms with Crippen LogP contribution in [0.2, 0.25) is 0 Å².